The molecule has 1 saturated heterocycles. The van der Waals surface area contributed by atoms with Crippen molar-refractivity contribution in [3.8, 4) is 11.1 Å². The van der Waals surface area contributed by atoms with Crippen LogP contribution in [0.25, 0.3) is 11.1 Å². The number of pyridine rings is 2. The molecule has 10 heteroatoms. The normalized spacial score (nSPS) is 14.7. The maximum absolute atomic E-state index is 12.7. The maximum atomic E-state index is 12.7. The summed E-state index contributed by atoms with van der Waals surface area (Å²) >= 11 is 0. The lowest BCUT2D eigenvalue weighted by Gasteiger charge is -2.39. The van der Waals surface area contributed by atoms with Crippen LogP contribution in [0.2, 0.25) is 0 Å². The second-order valence-corrected chi connectivity index (χ2v) is 13.8. The van der Waals surface area contributed by atoms with Gasteiger partial charge in [0.2, 0.25) is 5.96 Å². The number of nitrogens with zero attached hydrogens (tertiary/aromatic N) is 5. The van der Waals surface area contributed by atoms with Gasteiger partial charge in [0.05, 0.1) is 11.4 Å². The molecule has 1 aliphatic heterocycles. The lowest BCUT2D eigenvalue weighted by molar-refractivity contribution is 0.0548. The molecule has 0 atom stereocenters. The van der Waals surface area contributed by atoms with Crippen molar-refractivity contribution in [2.45, 2.75) is 98.6 Å². The molecule has 3 aromatic rings. The van der Waals surface area contributed by atoms with E-state index < -0.39 is 23.4 Å². The summed E-state index contributed by atoms with van der Waals surface area (Å²) in [5, 5.41) is 2.70. The van der Waals surface area contributed by atoms with Gasteiger partial charge in [-0.25, -0.2) is 9.59 Å². The summed E-state index contributed by atoms with van der Waals surface area (Å²) < 4.78 is 10.9. The number of benzene rings is 1. The van der Waals surface area contributed by atoms with Gasteiger partial charge in [0.15, 0.2) is 0 Å². The Hall–Kier alpha value is -4.31. The third-order valence-corrected chi connectivity index (χ3v) is 7.49. The van der Waals surface area contributed by atoms with E-state index in [1.165, 1.54) is 0 Å². The van der Waals surface area contributed by atoms with Crippen molar-refractivity contribution in [1.82, 2.24) is 25.1 Å². The predicted molar refractivity (Wildman–Crippen MR) is 180 cm³/mol. The Bertz CT molecular complexity index is 1520. The van der Waals surface area contributed by atoms with Gasteiger partial charge in [0.1, 0.15) is 11.2 Å². The van der Waals surface area contributed by atoms with Crippen LogP contribution in [0.3, 0.4) is 0 Å². The molecular formula is C36H48N6O4. The fraction of sp³-hybridized carbons (Fsp3) is 0.472. The molecule has 4 rings (SSSR count). The molecule has 10 nitrogen and oxygen atoms in total. The number of aliphatic imine (C=N–C) groups is 1. The summed E-state index contributed by atoms with van der Waals surface area (Å²) in [5.74, 6) is 0.126. The largest absolute Gasteiger partial charge is 0.444 e. The number of guanidine groups is 1. The van der Waals surface area contributed by atoms with Crippen molar-refractivity contribution in [2.24, 2.45) is 4.99 Å². The van der Waals surface area contributed by atoms with Gasteiger partial charge in [-0.05, 0) is 91.0 Å². The van der Waals surface area contributed by atoms with E-state index in [1.807, 2.05) is 41.6 Å². The molecule has 1 N–H and O–H groups in total. The highest BCUT2D eigenvalue weighted by molar-refractivity contribution is 5.99. The third kappa shape index (κ3) is 10.4. The number of rotatable bonds is 6. The first-order valence-corrected chi connectivity index (χ1v) is 15.9. The number of carbonyl (C=O) groups excluding carboxylic acids is 2. The first kappa shape index (κ1) is 34.6. The second-order valence-electron chi connectivity index (χ2n) is 13.8. The van der Waals surface area contributed by atoms with Gasteiger partial charge in [0.25, 0.3) is 0 Å². The molecule has 3 heterocycles. The van der Waals surface area contributed by atoms with Crippen LogP contribution < -0.4 is 5.32 Å². The van der Waals surface area contributed by atoms with Crippen LogP contribution in [0, 0.1) is 13.8 Å². The molecule has 0 spiro atoms. The number of aryl methyl sites for hydroxylation is 2. The Morgan fingerprint density at radius 1 is 0.913 bits per heavy atom. The zero-order valence-electron chi connectivity index (χ0n) is 28.5. The summed E-state index contributed by atoms with van der Waals surface area (Å²) in [4.78, 5) is 43.6. The zero-order chi connectivity index (χ0) is 33.5. The average molecular weight is 629 g/mol. The van der Waals surface area contributed by atoms with Crippen molar-refractivity contribution >= 4 is 18.1 Å². The molecule has 1 aromatic carbocycles. The highest BCUT2D eigenvalue weighted by atomic mass is 16.6. The Balaban J connectivity index is 1.58. The number of amides is 2. The predicted octanol–water partition coefficient (Wildman–Crippen LogP) is 7.04. The van der Waals surface area contributed by atoms with E-state index in [9.17, 15) is 9.59 Å². The Morgan fingerprint density at radius 3 is 2.20 bits per heavy atom. The van der Waals surface area contributed by atoms with Gasteiger partial charge in [-0.1, -0.05) is 42.5 Å². The monoisotopic (exact) mass is 628 g/mol. The van der Waals surface area contributed by atoms with Crippen LogP contribution in [0.15, 0.2) is 65.9 Å². The molecule has 1 fully saturated rings. The molecule has 2 amide bonds. The zero-order valence-corrected chi connectivity index (χ0v) is 28.5. The molecule has 0 bridgehead atoms. The molecule has 0 unspecified atom stereocenters. The molecule has 0 radical (unpaired) electrons. The number of likely N-dealkylation sites (tertiary alicyclic amines) is 1. The number of hydrogen-bond acceptors (Lipinski definition) is 7. The maximum Gasteiger partial charge on any atom is 0.437 e. The minimum Gasteiger partial charge on any atom is -0.444 e. The van der Waals surface area contributed by atoms with Crippen LogP contribution in [-0.4, -0.2) is 68.2 Å². The number of nitrogens with one attached hydrogen (secondary N) is 1. The second kappa shape index (κ2) is 14.9. The Labute approximate surface area is 273 Å². The van der Waals surface area contributed by atoms with Gasteiger partial charge < -0.3 is 14.4 Å². The standard InChI is InChI=1S/C36H48N6O4/c1-25-21-26(2)30(38-22-25)23-42(24-31-29(15-12-18-37-31)27-13-10-9-11-14-27)28-16-19-41(20-17-28)32(39-33(43)45-35(3,4)5)40-34(44)46-36(6,7)8/h9-15,18,21-22,28H,16-17,19-20,23-24H2,1-8H3,(H,39,40,43,44). The molecule has 0 aliphatic carbocycles. The fourth-order valence-electron chi connectivity index (χ4n) is 5.44. The van der Waals surface area contributed by atoms with Crippen molar-refractivity contribution in [2.75, 3.05) is 13.1 Å². The molecule has 246 valence electrons. The van der Waals surface area contributed by atoms with Gasteiger partial charge >= 0.3 is 12.2 Å². The molecule has 46 heavy (non-hydrogen) atoms. The SMILES string of the molecule is Cc1cnc(CN(Cc2ncccc2-c2ccccc2)C2CCN(C(=NC(=O)OC(C)(C)C)NC(=O)OC(C)(C)C)CC2)c(C)c1. The number of aromatic nitrogens is 2. The summed E-state index contributed by atoms with van der Waals surface area (Å²) in [7, 11) is 0. The van der Waals surface area contributed by atoms with E-state index >= 15 is 0 Å². The quantitative estimate of drug-likeness (QED) is 0.229. The summed E-state index contributed by atoms with van der Waals surface area (Å²) in [6, 6.07) is 16.8. The van der Waals surface area contributed by atoms with E-state index in [2.05, 4.69) is 53.3 Å². The minimum atomic E-state index is -0.771. The van der Waals surface area contributed by atoms with Crippen molar-refractivity contribution < 1.29 is 19.1 Å². The number of ether oxygens (including phenoxy) is 2. The third-order valence-electron chi connectivity index (χ3n) is 7.49. The van der Waals surface area contributed by atoms with Crippen LogP contribution in [-0.2, 0) is 22.6 Å². The molecule has 1 aliphatic rings. The number of piperidine rings is 1. The van der Waals surface area contributed by atoms with Crippen LogP contribution in [0.5, 0.6) is 0 Å². The van der Waals surface area contributed by atoms with Crippen LogP contribution in [0.1, 0.15) is 76.9 Å². The van der Waals surface area contributed by atoms with E-state index in [0.29, 0.717) is 26.2 Å². The topological polar surface area (TPSA) is 109 Å². The fourth-order valence-corrected chi connectivity index (χ4v) is 5.44. The molecule has 2 aromatic heterocycles. The summed E-state index contributed by atoms with van der Waals surface area (Å²) in [6.45, 7) is 17.3. The highest BCUT2D eigenvalue weighted by Gasteiger charge is 2.30. The van der Waals surface area contributed by atoms with Crippen LogP contribution >= 0.6 is 0 Å². The number of hydrogen-bond donors (Lipinski definition) is 1. The number of alkyl carbamates (subject to hydrolysis) is 1. The van der Waals surface area contributed by atoms with Crippen molar-refractivity contribution in [3.05, 3.63) is 83.4 Å². The minimum absolute atomic E-state index is 0.126. The molecular weight excluding hydrogens is 580 g/mol. The Kier molecular flexibility index (Phi) is 11.2. The number of carbonyl (C=O) groups is 2. The van der Waals surface area contributed by atoms with Gasteiger partial charge in [0, 0.05) is 50.2 Å². The van der Waals surface area contributed by atoms with E-state index in [1.54, 1.807) is 41.5 Å². The first-order valence-electron chi connectivity index (χ1n) is 15.9. The molecule has 0 saturated carbocycles. The smallest absolute Gasteiger partial charge is 0.437 e. The average Bonchev–Trinajstić information content (AvgIpc) is 2.96. The lowest BCUT2D eigenvalue weighted by Crippen LogP contribution is -2.52. The summed E-state index contributed by atoms with van der Waals surface area (Å²) in [5.41, 5.74) is 5.11. The van der Waals surface area contributed by atoms with E-state index in [-0.39, 0.29) is 12.0 Å². The summed E-state index contributed by atoms with van der Waals surface area (Å²) in [6.07, 6.45) is 3.85. The van der Waals surface area contributed by atoms with E-state index in [4.69, 9.17) is 19.4 Å². The lowest BCUT2D eigenvalue weighted by atomic mass is 9.99. The van der Waals surface area contributed by atoms with E-state index in [0.717, 1.165) is 46.5 Å². The van der Waals surface area contributed by atoms with Gasteiger partial charge in [-0.15, -0.1) is 4.99 Å². The Morgan fingerprint density at radius 2 is 1.57 bits per heavy atom. The van der Waals surface area contributed by atoms with Gasteiger partial charge in [-0.2, -0.15) is 0 Å². The van der Waals surface area contributed by atoms with Crippen LogP contribution in [0.4, 0.5) is 9.59 Å². The van der Waals surface area contributed by atoms with Crippen molar-refractivity contribution in [1.29, 1.82) is 0 Å². The van der Waals surface area contributed by atoms with Crippen molar-refractivity contribution in [3.63, 3.8) is 0 Å². The highest BCUT2D eigenvalue weighted by Crippen LogP contribution is 2.27. The first-order chi connectivity index (χ1) is 21.7. The van der Waals surface area contributed by atoms with Gasteiger partial charge in [-0.3, -0.25) is 20.2 Å².